The number of hydrogen-bond donors (Lipinski definition) is 1. The molecule has 0 saturated carbocycles. The number of hydrogen-bond acceptors (Lipinski definition) is 4. The molecule has 0 saturated heterocycles. The molecule has 0 radical (unpaired) electrons. The predicted octanol–water partition coefficient (Wildman–Crippen LogP) is 2.87. The molecule has 2 aromatic carbocycles. The summed E-state index contributed by atoms with van der Waals surface area (Å²) in [6, 6.07) is 13.8. The maximum absolute atomic E-state index is 12.5. The molecule has 1 heterocycles. The number of likely N-dealkylation sites (N-methyl/N-ethyl adjacent to an activating group) is 1. The van der Waals surface area contributed by atoms with E-state index in [-0.39, 0.29) is 19.2 Å². The van der Waals surface area contributed by atoms with Crippen molar-refractivity contribution < 1.29 is 14.3 Å². The molecule has 0 fully saturated rings. The third-order valence-electron chi connectivity index (χ3n) is 3.97. The summed E-state index contributed by atoms with van der Waals surface area (Å²) in [5.74, 6) is 1.59. The van der Waals surface area contributed by atoms with Crippen LogP contribution in [0.5, 0.6) is 11.5 Å². The van der Waals surface area contributed by atoms with Crippen LogP contribution >= 0.6 is 0 Å². The van der Waals surface area contributed by atoms with E-state index in [0.29, 0.717) is 13.1 Å². The van der Waals surface area contributed by atoms with Crippen molar-refractivity contribution in [3.05, 3.63) is 53.6 Å². The van der Waals surface area contributed by atoms with Crippen LogP contribution < -0.4 is 19.7 Å². The van der Waals surface area contributed by atoms with E-state index in [9.17, 15) is 4.79 Å². The quantitative estimate of drug-likeness (QED) is 0.887. The van der Waals surface area contributed by atoms with Crippen molar-refractivity contribution in [2.75, 3.05) is 24.8 Å². The Hall–Kier alpha value is -2.53. The van der Waals surface area contributed by atoms with Gasteiger partial charge in [-0.2, -0.15) is 0 Å². The number of rotatable bonds is 6. The Balaban J connectivity index is 1.56. The third kappa shape index (κ3) is 3.68. The van der Waals surface area contributed by atoms with Crippen LogP contribution in [0.25, 0.3) is 0 Å². The van der Waals surface area contributed by atoms with Crippen LogP contribution in [0.2, 0.25) is 0 Å². The van der Waals surface area contributed by atoms with Gasteiger partial charge in [-0.15, -0.1) is 0 Å². The van der Waals surface area contributed by atoms with Crippen molar-refractivity contribution >= 4 is 11.6 Å². The Morgan fingerprint density at radius 3 is 2.79 bits per heavy atom. The van der Waals surface area contributed by atoms with Crippen molar-refractivity contribution in [3.8, 4) is 11.5 Å². The standard InChI is InChI=1S/C19H22N2O3/c1-3-21(16-6-4-5-14(2)9-16)19(22)12-20-11-15-7-8-17-18(10-15)24-13-23-17/h4-10,20H,3,11-13H2,1-2H3. The maximum atomic E-state index is 12.5. The van der Waals surface area contributed by atoms with Gasteiger partial charge in [0.05, 0.1) is 6.54 Å². The van der Waals surface area contributed by atoms with Gasteiger partial charge in [-0.1, -0.05) is 18.2 Å². The summed E-state index contributed by atoms with van der Waals surface area (Å²) in [5, 5.41) is 3.20. The number of nitrogens with zero attached hydrogens (tertiary/aromatic N) is 1. The van der Waals surface area contributed by atoms with Gasteiger partial charge >= 0.3 is 0 Å². The van der Waals surface area contributed by atoms with Gasteiger partial charge in [-0.05, 0) is 49.2 Å². The molecule has 24 heavy (non-hydrogen) atoms. The minimum Gasteiger partial charge on any atom is -0.454 e. The number of fused-ring (bicyclic) bond motifs is 1. The van der Waals surface area contributed by atoms with Crippen LogP contribution in [-0.2, 0) is 11.3 Å². The van der Waals surface area contributed by atoms with Crippen LogP contribution in [-0.4, -0.2) is 25.8 Å². The highest BCUT2D eigenvalue weighted by Crippen LogP contribution is 2.32. The minimum atomic E-state index is 0.0591. The molecule has 3 rings (SSSR count). The second-order valence-corrected chi connectivity index (χ2v) is 5.77. The first kappa shape index (κ1) is 16.3. The molecule has 0 bridgehead atoms. The van der Waals surface area contributed by atoms with Crippen molar-refractivity contribution in [1.82, 2.24) is 5.32 Å². The van der Waals surface area contributed by atoms with Gasteiger partial charge in [0.1, 0.15) is 0 Å². The molecule has 0 unspecified atom stereocenters. The van der Waals surface area contributed by atoms with Crippen molar-refractivity contribution in [2.45, 2.75) is 20.4 Å². The summed E-state index contributed by atoms with van der Waals surface area (Å²) in [6.07, 6.45) is 0. The molecular weight excluding hydrogens is 304 g/mol. The Morgan fingerprint density at radius 1 is 1.17 bits per heavy atom. The van der Waals surface area contributed by atoms with E-state index >= 15 is 0 Å². The smallest absolute Gasteiger partial charge is 0.240 e. The number of benzene rings is 2. The number of anilines is 1. The molecule has 0 spiro atoms. The van der Waals surface area contributed by atoms with Gasteiger partial charge in [0.15, 0.2) is 11.5 Å². The molecular formula is C19H22N2O3. The lowest BCUT2D eigenvalue weighted by molar-refractivity contribution is -0.117. The van der Waals surface area contributed by atoms with Gasteiger partial charge in [0.25, 0.3) is 0 Å². The van der Waals surface area contributed by atoms with E-state index in [1.54, 1.807) is 4.90 Å². The largest absolute Gasteiger partial charge is 0.454 e. The van der Waals surface area contributed by atoms with E-state index in [2.05, 4.69) is 5.32 Å². The van der Waals surface area contributed by atoms with Crippen LogP contribution in [0.3, 0.4) is 0 Å². The minimum absolute atomic E-state index is 0.0591. The lowest BCUT2D eigenvalue weighted by Crippen LogP contribution is -2.38. The fraction of sp³-hybridized carbons (Fsp3) is 0.316. The summed E-state index contributed by atoms with van der Waals surface area (Å²) in [5.41, 5.74) is 3.14. The Bertz CT molecular complexity index is 730. The van der Waals surface area contributed by atoms with Gasteiger partial charge in [0.2, 0.25) is 12.7 Å². The van der Waals surface area contributed by atoms with Crippen LogP contribution in [0.15, 0.2) is 42.5 Å². The highest BCUT2D eigenvalue weighted by atomic mass is 16.7. The molecule has 2 aromatic rings. The molecule has 0 atom stereocenters. The number of carbonyl (C=O) groups excluding carboxylic acids is 1. The van der Waals surface area contributed by atoms with Gasteiger partial charge < -0.3 is 19.7 Å². The van der Waals surface area contributed by atoms with Crippen molar-refractivity contribution in [2.24, 2.45) is 0 Å². The summed E-state index contributed by atoms with van der Waals surface area (Å²) < 4.78 is 10.7. The molecule has 5 nitrogen and oxygen atoms in total. The predicted molar refractivity (Wildman–Crippen MR) is 93.5 cm³/mol. The molecule has 0 aromatic heterocycles. The normalized spacial score (nSPS) is 12.2. The van der Waals surface area contributed by atoms with Gasteiger partial charge in [-0.3, -0.25) is 4.79 Å². The fourth-order valence-electron chi connectivity index (χ4n) is 2.76. The van der Waals surface area contributed by atoms with Gasteiger partial charge in [0, 0.05) is 18.8 Å². The maximum Gasteiger partial charge on any atom is 0.240 e. The first-order valence-electron chi connectivity index (χ1n) is 8.13. The molecule has 0 aliphatic carbocycles. The molecule has 1 aliphatic rings. The lowest BCUT2D eigenvalue weighted by atomic mass is 10.2. The Kier molecular flexibility index (Phi) is 5.01. The highest BCUT2D eigenvalue weighted by molar-refractivity contribution is 5.94. The number of carbonyl (C=O) groups is 1. The molecule has 126 valence electrons. The molecule has 5 heteroatoms. The van der Waals surface area contributed by atoms with E-state index in [0.717, 1.165) is 28.3 Å². The van der Waals surface area contributed by atoms with Crippen molar-refractivity contribution in [3.63, 3.8) is 0 Å². The first-order valence-corrected chi connectivity index (χ1v) is 8.13. The number of nitrogens with one attached hydrogen (secondary N) is 1. The molecule has 1 N–H and O–H groups in total. The molecule has 1 amide bonds. The van der Waals surface area contributed by atoms with Crippen LogP contribution in [0.1, 0.15) is 18.1 Å². The Labute approximate surface area is 142 Å². The van der Waals surface area contributed by atoms with E-state index in [1.165, 1.54) is 0 Å². The first-order chi connectivity index (χ1) is 11.7. The zero-order chi connectivity index (χ0) is 16.9. The van der Waals surface area contributed by atoms with Crippen molar-refractivity contribution in [1.29, 1.82) is 0 Å². The summed E-state index contributed by atoms with van der Waals surface area (Å²) in [4.78, 5) is 14.3. The average Bonchev–Trinajstić information content (AvgIpc) is 3.03. The second-order valence-electron chi connectivity index (χ2n) is 5.77. The van der Waals surface area contributed by atoms with Gasteiger partial charge in [-0.25, -0.2) is 0 Å². The summed E-state index contributed by atoms with van der Waals surface area (Å²) in [6.45, 7) is 5.82. The zero-order valence-corrected chi connectivity index (χ0v) is 14.0. The third-order valence-corrected chi connectivity index (χ3v) is 3.97. The number of ether oxygens (including phenoxy) is 2. The number of aryl methyl sites for hydroxylation is 1. The van der Waals surface area contributed by atoms with Crippen LogP contribution in [0.4, 0.5) is 5.69 Å². The zero-order valence-electron chi connectivity index (χ0n) is 14.0. The van der Waals surface area contributed by atoms with E-state index in [4.69, 9.17) is 9.47 Å². The second kappa shape index (κ2) is 7.36. The monoisotopic (exact) mass is 326 g/mol. The Morgan fingerprint density at radius 2 is 2.00 bits per heavy atom. The SMILES string of the molecule is CCN(C(=O)CNCc1ccc2c(c1)OCO2)c1cccc(C)c1. The lowest BCUT2D eigenvalue weighted by Gasteiger charge is -2.21. The summed E-state index contributed by atoms with van der Waals surface area (Å²) >= 11 is 0. The molecule has 1 aliphatic heterocycles. The number of amides is 1. The highest BCUT2D eigenvalue weighted by Gasteiger charge is 2.15. The van der Waals surface area contributed by atoms with E-state index < -0.39 is 0 Å². The van der Waals surface area contributed by atoms with E-state index in [1.807, 2.05) is 56.3 Å². The average molecular weight is 326 g/mol. The van der Waals surface area contributed by atoms with Crippen LogP contribution in [0, 0.1) is 6.92 Å². The summed E-state index contributed by atoms with van der Waals surface area (Å²) in [7, 11) is 0. The fourth-order valence-corrected chi connectivity index (χ4v) is 2.76. The topological polar surface area (TPSA) is 50.8 Å².